The number of anilines is 2. The van der Waals surface area contributed by atoms with Crippen LogP contribution in [0.3, 0.4) is 0 Å². The molecule has 0 saturated heterocycles. The first-order valence-corrected chi connectivity index (χ1v) is 6.84. The number of benzene rings is 1. The molecule has 2 N–H and O–H groups in total. The second-order valence-electron chi connectivity index (χ2n) is 4.84. The van der Waals surface area contributed by atoms with Gasteiger partial charge in [0.05, 0.1) is 0 Å². The van der Waals surface area contributed by atoms with E-state index in [1.807, 2.05) is 31.2 Å². The summed E-state index contributed by atoms with van der Waals surface area (Å²) in [6.45, 7) is 9.80. The number of allylic oxidation sites excluding steroid dienone is 1. The highest BCUT2D eigenvalue weighted by Gasteiger charge is 2.06. The Morgan fingerprint density at radius 3 is 2.84 bits per heavy atom. The molecule has 104 valence electrons. The van der Waals surface area contributed by atoms with Gasteiger partial charge in [0, 0.05) is 23.8 Å². The first-order valence-electron chi connectivity index (χ1n) is 6.84. The van der Waals surface area contributed by atoms with Crippen LogP contribution in [0, 0.1) is 6.92 Å². The van der Waals surface area contributed by atoms with E-state index in [2.05, 4.69) is 31.1 Å². The molecule has 3 nitrogen and oxygen atoms in total. The van der Waals surface area contributed by atoms with Gasteiger partial charge in [0.2, 0.25) is 5.91 Å². The second-order valence-corrected chi connectivity index (χ2v) is 4.84. The third kappa shape index (κ3) is 5.16. The molecular weight excluding hydrogens is 236 g/mol. The molecule has 1 amide bonds. The molecule has 19 heavy (non-hydrogen) atoms. The van der Waals surface area contributed by atoms with Gasteiger partial charge in [-0.1, -0.05) is 19.1 Å². The van der Waals surface area contributed by atoms with Gasteiger partial charge in [0.1, 0.15) is 0 Å². The van der Waals surface area contributed by atoms with Gasteiger partial charge in [-0.25, -0.2) is 0 Å². The summed E-state index contributed by atoms with van der Waals surface area (Å²) in [6, 6.07) is 6.33. The van der Waals surface area contributed by atoms with Crippen molar-refractivity contribution in [2.75, 3.05) is 10.6 Å². The molecule has 1 rings (SSSR count). The van der Waals surface area contributed by atoms with Gasteiger partial charge in [0.15, 0.2) is 0 Å². The minimum Gasteiger partial charge on any atom is -0.382 e. The van der Waals surface area contributed by atoms with Crippen molar-refractivity contribution < 1.29 is 4.79 Å². The van der Waals surface area contributed by atoms with E-state index in [-0.39, 0.29) is 5.91 Å². The van der Waals surface area contributed by atoms with Crippen molar-refractivity contribution in [1.82, 2.24) is 0 Å². The fourth-order valence-electron chi connectivity index (χ4n) is 1.81. The normalized spacial score (nSPS) is 11.7. The Labute approximate surface area is 116 Å². The first kappa shape index (κ1) is 15.3. The summed E-state index contributed by atoms with van der Waals surface area (Å²) in [5, 5.41) is 6.36. The third-order valence-electron chi connectivity index (χ3n) is 3.05. The number of hydrogen-bond donors (Lipinski definition) is 2. The summed E-state index contributed by atoms with van der Waals surface area (Å²) in [6.07, 6.45) is 4.48. The van der Waals surface area contributed by atoms with Crippen molar-refractivity contribution >= 4 is 17.3 Å². The standard InChI is InChI=1S/C16H24N2O/c1-5-7-8-13(4)17-15-11-14(10-9-12(15)3)18-16(19)6-2/h5,9-11,13,17H,1,6-8H2,2-4H3,(H,18,19). The van der Waals surface area contributed by atoms with E-state index in [0.717, 1.165) is 24.2 Å². The van der Waals surface area contributed by atoms with Crippen LogP contribution < -0.4 is 10.6 Å². The van der Waals surface area contributed by atoms with Crippen molar-refractivity contribution in [2.24, 2.45) is 0 Å². The molecule has 0 bridgehead atoms. The maximum Gasteiger partial charge on any atom is 0.224 e. The number of aryl methyl sites for hydroxylation is 1. The van der Waals surface area contributed by atoms with Gasteiger partial charge >= 0.3 is 0 Å². The first-order chi connectivity index (χ1) is 9.06. The Morgan fingerprint density at radius 1 is 1.47 bits per heavy atom. The summed E-state index contributed by atoms with van der Waals surface area (Å²) in [4.78, 5) is 11.4. The van der Waals surface area contributed by atoms with Crippen LogP contribution in [-0.2, 0) is 4.79 Å². The SMILES string of the molecule is C=CCCC(C)Nc1cc(NC(=O)CC)ccc1C. The highest BCUT2D eigenvalue weighted by Crippen LogP contribution is 2.22. The van der Waals surface area contributed by atoms with Gasteiger partial charge in [-0.2, -0.15) is 0 Å². The molecule has 0 aliphatic heterocycles. The molecule has 0 fully saturated rings. The van der Waals surface area contributed by atoms with Crippen molar-refractivity contribution in [3.8, 4) is 0 Å². The Hall–Kier alpha value is -1.77. The van der Waals surface area contributed by atoms with E-state index >= 15 is 0 Å². The highest BCUT2D eigenvalue weighted by atomic mass is 16.1. The molecule has 0 aromatic heterocycles. The number of amides is 1. The van der Waals surface area contributed by atoms with E-state index in [0.29, 0.717) is 12.5 Å². The van der Waals surface area contributed by atoms with E-state index in [4.69, 9.17) is 0 Å². The lowest BCUT2D eigenvalue weighted by atomic mass is 10.1. The molecule has 1 aromatic rings. The minimum atomic E-state index is 0.0366. The van der Waals surface area contributed by atoms with Gasteiger partial charge in [-0.3, -0.25) is 4.79 Å². The summed E-state index contributed by atoms with van der Waals surface area (Å²) in [5.74, 6) is 0.0366. The fraction of sp³-hybridized carbons (Fsp3) is 0.438. The maximum atomic E-state index is 11.4. The molecule has 3 heteroatoms. The molecule has 0 radical (unpaired) electrons. The van der Waals surface area contributed by atoms with Crippen molar-refractivity contribution in [1.29, 1.82) is 0 Å². The minimum absolute atomic E-state index is 0.0366. The van der Waals surface area contributed by atoms with E-state index in [1.54, 1.807) is 0 Å². The number of rotatable bonds is 7. The molecule has 0 saturated carbocycles. The molecule has 0 spiro atoms. The molecule has 0 aliphatic carbocycles. The topological polar surface area (TPSA) is 41.1 Å². The average molecular weight is 260 g/mol. The lowest BCUT2D eigenvalue weighted by Crippen LogP contribution is -2.16. The fourth-order valence-corrected chi connectivity index (χ4v) is 1.81. The molecule has 0 aliphatic rings. The number of nitrogens with one attached hydrogen (secondary N) is 2. The third-order valence-corrected chi connectivity index (χ3v) is 3.05. The van der Waals surface area contributed by atoms with Crippen LogP contribution in [0.2, 0.25) is 0 Å². The molecular formula is C16H24N2O. The maximum absolute atomic E-state index is 11.4. The van der Waals surface area contributed by atoms with E-state index < -0.39 is 0 Å². The van der Waals surface area contributed by atoms with Crippen LogP contribution in [0.25, 0.3) is 0 Å². The van der Waals surface area contributed by atoms with Crippen molar-refractivity contribution in [2.45, 2.75) is 46.1 Å². The molecule has 1 aromatic carbocycles. The Morgan fingerprint density at radius 2 is 2.21 bits per heavy atom. The Balaban J connectivity index is 2.73. The Bertz CT molecular complexity index is 440. The smallest absolute Gasteiger partial charge is 0.224 e. The predicted octanol–water partition coefficient (Wildman–Crippen LogP) is 4.11. The van der Waals surface area contributed by atoms with Crippen molar-refractivity contribution in [3.05, 3.63) is 36.4 Å². The summed E-state index contributed by atoms with van der Waals surface area (Å²) in [5.41, 5.74) is 3.10. The summed E-state index contributed by atoms with van der Waals surface area (Å²) >= 11 is 0. The highest BCUT2D eigenvalue weighted by molar-refractivity contribution is 5.91. The zero-order valence-corrected chi connectivity index (χ0v) is 12.1. The van der Waals surface area contributed by atoms with Crippen LogP contribution in [-0.4, -0.2) is 11.9 Å². The largest absolute Gasteiger partial charge is 0.382 e. The van der Waals surface area contributed by atoms with Crippen LogP contribution >= 0.6 is 0 Å². The lowest BCUT2D eigenvalue weighted by Gasteiger charge is -2.17. The number of carbonyl (C=O) groups excluding carboxylic acids is 1. The quantitative estimate of drug-likeness (QED) is 0.724. The van der Waals surface area contributed by atoms with Crippen LogP contribution in [0.4, 0.5) is 11.4 Å². The summed E-state index contributed by atoms with van der Waals surface area (Å²) < 4.78 is 0. The summed E-state index contributed by atoms with van der Waals surface area (Å²) in [7, 11) is 0. The zero-order valence-electron chi connectivity index (χ0n) is 12.1. The Kier molecular flexibility index (Phi) is 6.13. The number of carbonyl (C=O) groups is 1. The van der Waals surface area contributed by atoms with Gasteiger partial charge < -0.3 is 10.6 Å². The predicted molar refractivity (Wildman–Crippen MR) is 82.6 cm³/mol. The molecule has 0 heterocycles. The second kappa shape index (κ2) is 7.62. The van der Waals surface area contributed by atoms with Crippen LogP contribution in [0.5, 0.6) is 0 Å². The monoisotopic (exact) mass is 260 g/mol. The van der Waals surface area contributed by atoms with Crippen LogP contribution in [0.1, 0.15) is 38.7 Å². The van der Waals surface area contributed by atoms with E-state index in [1.165, 1.54) is 5.56 Å². The van der Waals surface area contributed by atoms with Gasteiger partial charge in [-0.15, -0.1) is 6.58 Å². The lowest BCUT2D eigenvalue weighted by molar-refractivity contribution is -0.115. The zero-order chi connectivity index (χ0) is 14.3. The number of hydrogen-bond acceptors (Lipinski definition) is 2. The van der Waals surface area contributed by atoms with Crippen molar-refractivity contribution in [3.63, 3.8) is 0 Å². The van der Waals surface area contributed by atoms with Gasteiger partial charge in [-0.05, 0) is 44.4 Å². The molecule has 1 unspecified atom stereocenters. The van der Waals surface area contributed by atoms with Crippen LogP contribution in [0.15, 0.2) is 30.9 Å². The van der Waals surface area contributed by atoms with Gasteiger partial charge in [0.25, 0.3) is 0 Å². The average Bonchev–Trinajstić information content (AvgIpc) is 2.40. The molecule has 1 atom stereocenters. The van der Waals surface area contributed by atoms with E-state index in [9.17, 15) is 4.79 Å².